The molecule has 0 aliphatic heterocycles. The maximum absolute atomic E-state index is 12.5. The van der Waals surface area contributed by atoms with Gasteiger partial charge in [-0.1, -0.05) is 38.3 Å². The van der Waals surface area contributed by atoms with Gasteiger partial charge in [-0.2, -0.15) is 13.2 Å². The summed E-state index contributed by atoms with van der Waals surface area (Å²) in [7, 11) is 0. The Morgan fingerprint density at radius 3 is 2.13 bits per heavy atom. The third kappa shape index (κ3) is 9.84. The molecule has 0 fully saturated rings. The minimum atomic E-state index is -4.29. The molecule has 1 aromatic carbocycles. The van der Waals surface area contributed by atoms with Crippen LogP contribution in [0.2, 0.25) is 0 Å². The Hall–Kier alpha value is -0.780. The molecule has 2 N–H and O–H groups in total. The number of rotatable bonds is 8. The molecule has 0 aliphatic rings. The van der Waals surface area contributed by atoms with Gasteiger partial charge in [0.2, 0.25) is 0 Å². The molecule has 1 rings (SSSR count). The van der Waals surface area contributed by atoms with Crippen molar-refractivity contribution >= 4 is 30.5 Å². The van der Waals surface area contributed by atoms with Crippen molar-refractivity contribution in [3.05, 3.63) is 35.4 Å². The maximum Gasteiger partial charge on any atom is 0.416 e. The monoisotopic (exact) mass is 372 g/mol. The zero-order chi connectivity index (χ0) is 15.7. The van der Waals surface area contributed by atoms with Gasteiger partial charge in [0.15, 0.2) is 0 Å². The molecular formula is C16H25Cl2F3N2. The second-order valence-electron chi connectivity index (χ2n) is 5.08. The maximum atomic E-state index is 12.5. The number of hydrogen-bond donors (Lipinski definition) is 1. The highest BCUT2D eigenvalue weighted by atomic mass is 35.5. The third-order valence-corrected chi connectivity index (χ3v) is 3.27. The highest BCUT2D eigenvalue weighted by molar-refractivity contribution is 5.88. The van der Waals surface area contributed by atoms with Gasteiger partial charge in [-0.05, 0) is 24.1 Å². The van der Waals surface area contributed by atoms with E-state index in [9.17, 15) is 13.2 Å². The first kappa shape index (κ1) is 24.5. The average Bonchev–Trinajstić information content (AvgIpc) is 2.45. The highest BCUT2D eigenvalue weighted by Gasteiger charge is 2.29. The van der Waals surface area contributed by atoms with E-state index in [1.165, 1.54) is 25.0 Å². The van der Waals surface area contributed by atoms with E-state index in [4.69, 9.17) is 5.73 Å². The summed E-state index contributed by atoms with van der Waals surface area (Å²) < 4.78 is 37.4. The predicted octanol–water partition coefficient (Wildman–Crippen LogP) is 5.07. The second kappa shape index (κ2) is 12.6. The number of nitrogens with zero attached hydrogens (tertiary/aromatic N) is 1. The molecule has 0 unspecified atom stereocenters. The Bertz CT molecular complexity index is 446. The van der Waals surface area contributed by atoms with E-state index in [1.807, 2.05) is 0 Å². The van der Waals surface area contributed by atoms with Gasteiger partial charge >= 0.3 is 6.18 Å². The van der Waals surface area contributed by atoms with Gasteiger partial charge in [0, 0.05) is 25.2 Å². The molecular weight excluding hydrogens is 348 g/mol. The number of nitrogens with two attached hydrogens (primary N) is 1. The smallest absolute Gasteiger partial charge is 0.325 e. The molecule has 0 heterocycles. The highest BCUT2D eigenvalue weighted by Crippen LogP contribution is 2.29. The summed E-state index contributed by atoms with van der Waals surface area (Å²) in [6, 6.07) is 5.19. The lowest BCUT2D eigenvalue weighted by atomic mass is 10.1. The Labute approximate surface area is 148 Å². The van der Waals surface area contributed by atoms with Crippen LogP contribution >= 0.6 is 24.8 Å². The predicted molar refractivity (Wildman–Crippen MR) is 95.1 cm³/mol. The molecule has 0 atom stereocenters. The van der Waals surface area contributed by atoms with Crippen molar-refractivity contribution < 1.29 is 13.2 Å². The molecule has 0 saturated heterocycles. The fourth-order valence-corrected chi connectivity index (χ4v) is 2.02. The van der Waals surface area contributed by atoms with Gasteiger partial charge in [-0.15, -0.1) is 24.8 Å². The zero-order valence-corrected chi connectivity index (χ0v) is 14.9. The normalized spacial score (nSPS) is 11.6. The van der Waals surface area contributed by atoms with Crippen LogP contribution in [0.25, 0.3) is 0 Å². The summed E-state index contributed by atoms with van der Waals surface area (Å²) in [4.78, 5) is 4.45. The standard InChI is InChI=1S/C16H23F3N2.2ClH/c1-2-3-4-5-10-21-15(12-20)11-13-6-8-14(9-7-13)16(17,18)19;;/h6-9H,2-5,10-12,20H2,1H3;2*1H. The van der Waals surface area contributed by atoms with Crippen LogP contribution in [-0.2, 0) is 12.6 Å². The summed E-state index contributed by atoms with van der Waals surface area (Å²) in [5.74, 6) is 0. The number of halogens is 5. The van der Waals surface area contributed by atoms with Gasteiger partial charge in [-0.25, -0.2) is 0 Å². The molecule has 0 amide bonds. The van der Waals surface area contributed by atoms with Crippen LogP contribution in [0.4, 0.5) is 13.2 Å². The van der Waals surface area contributed by atoms with Crippen molar-refractivity contribution in [2.45, 2.75) is 45.2 Å². The topological polar surface area (TPSA) is 38.4 Å². The molecule has 0 spiro atoms. The van der Waals surface area contributed by atoms with Crippen molar-refractivity contribution in [1.82, 2.24) is 0 Å². The Morgan fingerprint density at radius 1 is 1.04 bits per heavy atom. The van der Waals surface area contributed by atoms with E-state index in [2.05, 4.69) is 11.9 Å². The lowest BCUT2D eigenvalue weighted by Crippen LogP contribution is -2.17. The summed E-state index contributed by atoms with van der Waals surface area (Å²) in [5.41, 5.74) is 6.67. The number of hydrogen-bond acceptors (Lipinski definition) is 2. The number of alkyl halides is 3. The summed E-state index contributed by atoms with van der Waals surface area (Å²) in [6.07, 6.45) is 0.791. The Morgan fingerprint density at radius 2 is 1.65 bits per heavy atom. The second-order valence-corrected chi connectivity index (χ2v) is 5.08. The fraction of sp³-hybridized carbons (Fsp3) is 0.562. The van der Waals surface area contributed by atoms with E-state index >= 15 is 0 Å². The van der Waals surface area contributed by atoms with Crippen LogP contribution in [0, 0.1) is 0 Å². The van der Waals surface area contributed by atoms with Gasteiger partial charge in [0.1, 0.15) is 0 Å². The molecule has 7 heteroatoms. The molecule has 0 radical (unpaired) electrons. The average molecular weight is 373 g/mol. The van der Waals surface area contributed by atoms with E-state index in [0.29, 0.717) is 13.0 Å². The van der Waals surface area contributed by atoms with Crippen LogP contribution in [0.3, 0.4) is 0 Å². The molecule has 134 valence electrons. The van der Waals surface area contributed by atoms with Crippen molar-refractivity contribution in [2.75, 3.05) is 13.1 Å². The van der Waals surface area contributed by atoms with Crippen molar-refractivity contribution in [3.63, 3.8) is 0 Å². The lowest BCUT2D eigenvalue weighted by Gasteiger charge is -2.08. The van der Waals surface area contributed by atoms with Crippen LogP contribution in [0.5, 0.6) is 0 Å². The van der Waals surface area contributed by atoms with Gasteiger partial charge in [0.05, 0.1) is 5.56 Å². The number of aliphatic imine (C=N–C) groups is 1. The molecule has 0 saturated carbocycles. The first-order valence-corrected chi connectivity index (χ1v) is 7.35. The van der Waals surface area contributed by atoms with Crippen LogP contribution < -0.4 is 5.73 Å². The largest absolute Gasteiger partial charge is 0.416 e. The fourth-order valence-electron chi connectivity index (χ4n) is 2.02. The molecule has 0 aromatic heterocycles. The number of benzene rings is 1. The summed E-state index contributed by atoms with van der Waals surface area (Å²) in [5, 5.41) is 0. The van der Waals surface area contributed by atoms with E-state index in [0.717, 1.165) is 42.8 Å². The molecule has 2 nitrogen and oxygen atoms in total. The summed E-state index contributed by atoms with van der Waals surface area (Å²) in [6.45, 7) is 3.24. The third-order valence-electron chi connectivity index (χ3n) is 3.27. The molecule has 1 aromatic rings. The molecule has 0 aliphatic carbocycles. The van der Waals surface area contributed by atoms with Crippen LogP contribution in [-0.4, -0.2) is 18.8 Å². The Kier molecular flexibility index (Phi) is 13.4. The van der Waals surface area contributed by atoms with Crippen LogP contribution in [0.15, 0.2) is 29.3 Å². The number of unbranched alkanes of at least 4 members (excludes halogenated alkanes) is 3. The van der Waals surface area contributed by atoms with Gasteiger partial charge in [0.25, 0.3) is 0 Å². The minimum Gasteiger partial charge on any atom is -0.325 e. The van der Waals surface area contributed by atoms with Gasteiger partial charge in [-0.3, -0.25) is 4.99 Å². The SMILES string of the molecule is CCCCCCN=C(CN)Cc1ccc(C(F)(F)F)cc1.Cl.Cl. The van der Waals surface area contributed by atoms with E-state index < -0.39 is 11.7 Å². The zero-order valence-electron chi connectivity index (χ0n) is 13.2. The first-order valence-electron chi connectivity index (χ1n) is 7.35. The van der Waals surface area contributed by atoms with Crippen LogP contribution in [0.1, 0.15) is 43.7 Å². The first-order chi connectivity index (χ1) is 9.97. The van der Waals surface area contributed by atoms with Gasteiger partial charge < -0.3 is 5.73 Å². The van der Waals surface area contributed by atoms with Crippen molar-refractivity contribution in [2.24, 2.45) is 10.7 Å². The van der Waals surface area contributed by atoms with Crippen molar-refractivity contribution in [1.29, 1.82) is 0 Å². The summed E-state index contributed by atoms with van der Waals surface area (Å²) >= 11 is 0. The molecule has 23 heavy (non-hydrogen) atoms. The minimum absolute atomic E-state index is 0. The molecule has 0 bridgehead atoms. The van der Waals surface area contributed by atoms with E-state index in [1.54, 1.807) is 0 Å². The Balaban J connectivity index is 0. The van der Waals surface area contributed by atoms with Crippen molar-refractivity contribution in [3.8, 4) is 0 Å². The lowest BCUT2D eigenvalue weighted by molar-refractivity contribution is -0.137. The van der Waals surface area contributed by atoms with E-state index in [-0.39, 0.29) is 24.8 Å². The quantitative estimate of drug-likeness (QED) is 0.501.